The highest BCUT2D eigenvalue weighted by atomic mass is 16.5. The van der Waals surface area contributed by atoms with E-state index in [0.29, 0.717) is 12.1 Å². The van der Waals surface area contributed by atoms with Gasteiger partial charge in [0.25, 0.3) is 0 Å². The van der Waals surface area contributed by atoms with Crippen molar-refractivity contribution in [3.05, 3.63) is 42.7 Å². The summed E-state index contributed by atoms with van der Waals surface area (Å²) in [6.07, 6.45) is 4.15. The number of para-hydroxylation sites is 1. The number of Topliss-reactive ketones (excluding diaryl/α,β-unsaturated/α-hetero) is 1. The first kappa shape index (κ1) is 12.4. The van der Waals surface area contributed by atoms with E-state index in [-0.39, 0.29) is 11.8 Å². The number of hydrogen-bond acceptors (Lipinski definition) is 4. The molecule has 1 heterocycles. The lowest BCUT2D eigenvalue weighted by Crippen LogP contribution is -2.24. The molecule has 0 N–H and O–H groups in total. The Hall–Kier alpha value is -2.10. The first-order valence-electron chi connectivity index (χ1n) is 5.84. The quantitative estimate of drug-likeness (QED) is 0.763. The molecule has 4 nitrogen and oxygen atoms in total. The van der Waals surface area contributed by atoms with Gasteiger partial charge in [0.15, 0.2) is 5.78 Å². The van der Waals surface area contributed by atoms with Crippen molar-refractivity contribution in [2.75, 3.05) is 12.1 Å². The van der Waals surface area contributed by atoms with Crippen molar-refractivity contribution in [3.63, 3.8) is 0 Å². The maximum absolute atomic E-state index is 11.4. The molecule has 94 valence electrons. The summed E-state index contributed by atoms with van der Waals surface area (Å²) < 4.78 is 4.94. The summed E-state index contributed by atoms with van der Waals surface area (Å²) in [4.78, 5) is 11.4. The minimum Gasteiger partial charge on any atom is -0.505 e. The Kier molecular flexibility index (Phi) is 3.77. The Bertz CT molecular complexity index is 480. The van der Waals surface area contributed by atoms with Gasteiger partial charge in [-0.1, -0.05) is 18.2 Å². The van der Waals surface area contributed by atoms with Gasteiger partial charge in [0, 0.05) is 13.3 Å². The Morgan fingerprint density at radius 3 is 2.78 bits per heavy atom. The largest absolute Gasteiger partial charge is 0.505 e. The van der Waals surface area contributed by atoms with Crippen molar-refractivity contribution in [2.45, 2.75) is 19.4 Å². The molecule has 4 heteroatoms. The molecule has 0 saturated carbocycles. The standard InChI is InChI=1S/C14H16N2O2/c1-11(17)14-10-13(8-9-18-2)16(15-14)12-6-4-3-5-7-12/h3-9,13H,10H2,1-2H3/b9-8+. The van der Waals surface area contributed by atoms with Gasteiger partial charge in [0.2, 0.25) is 0 Å². The molecular weight excluding hydrogens is 228 g/mol. The molecule has 2 rings (SSSR count). The maximum Gasteiger partial charge on any atom is 0.175 e. The van der Waals surface area contributed by atoms with Crippen LogP contribution in [0.15, 0.2) is 47.8 Å². The Morgan fingerprint density at radius 2 is 2.17 bits per heavy atom. The van der Waals surface area contributed by atoms with E-state index in [9.17, 15) is 4.79 Å². The molecule has 0 bridgehead atoms. The van der Waals surface area contributed by atoms with Crippen LogP contribution in [0.2, 0.25) is 0 Å². The molecule has 0 spiro atoms. The zero-order chi connectivity index (χ0) is 13.0. The van der Waals surface area contributed by atoms with E-state index in [1.165, 1.54) is 0 Å². The molecule has 1 aromatic rings. The molecule has 0 fully saturated rings. The molecule has 0 radical (unpaired) electrons. The predicted octanol–water partition coefficient (Wildman–Crippen LogP) is 2.37. The summed E-state index contributed by atoms with van der Waals surface area (Å²) in [5.74, 6) is 0.0178. The van der Waals surface area contributed by atoms with Gasteiger partial charge in [-0.25, -0.2) is 0 Å². The lowest BCUT2D eigenvalue weighted by Gasteiger charge is -2.20. The molecule has 0 aliphatic carbocycles. The van der Waals surface area contributed by atoms with Crippen molar-refractivity contribution < 1.29 is 9.53 Å². The van der Waals surface area contributed by atoms with Crippen LogP contribution in [0.4, 0.5) is 5.69 Å². The molecule has 0 aromatic heterocycles. The number of anilines is 1. The summed E-state index contributed by atoms with van der Waals surface area (Å²) in [5, 5.41) is 6.24. The number of hydrazone groups is 1. The minimum atomic E-state index is 0.0178. The Morgan fingerprint density at radius 1 is 1.44 bits per heavy atom. The fraction of sp³-hybridized carbons (Fsp3) is 0.286. The van der Waals surface area contributed by atoms with E-state index in [1.54, 1.807) is 20.3 Å². The SMILES string of the molecule is CO/C=C/C1CC(C(C)=O)=NN1c1ccccc1. The third kappa shape index (κ3) is 2.59. The van der Waals surface area contributed by atoms with Gasteiger partial charge in [-0.3, -0.25) is 9.80 Å². The van der Waals surface area contributed by atoms with Crippen molar-refractivity contribution in [2.24, 2.45) is 5.10 Å². The number of rotatable bonds is 4. The lowest BCUT2D eigenvalue weighted by molar-refractivity contribution is -0.111. The van der Waals surface area contributed by atoms with Crippen LogP contribution in [0.3, 0.4) is 0 Å². The lowest BCUT2D eigenvalue weighted by atomic mass is 10.1. The van der Waals surface area contributed by atoms with Crippen molar-refractivity contribution >= 4 is 17.2 Å². The van der Waals surface area contributed by atoms with Crippen molar-refractivity contribution in [3.8, 4) is 0 Å². The molecule has 1 aromatic carbocycles. The molecule has 0 saturated heterocycles. The van der Waals surface area contributed by atoms with Crippen LogP contribution in [0.5, 0.6) is 0 Å². The number of hydrogen-bond donors (Lipinski definition) is 0. The number of methoxy groups -OCH3 is 1. The molecule has 1 unspecified atom stereocenters. The average Bonchev–Trinajstić information content (AvgIpc) is 2.81. The second kappa shape index (κ2) is 5.49. The zero-order valence-electron chi connectivity index (χ0n) is 10.5. The van der Waals surface area contributed by atoms with E-state index in [2.05, 4.69) is 5.10 Å². The molecule has 1 atom stereocenters. The highest BCUT2D eigenvalue weighted by Gasteiger charge is 2.27. The minimum absolute atomic E-state index is 0.0178. The summed E-state index contributed by atoms with van der Waals surface area (Å²) in [5.41, 5.74) is 1.57. The van der Waals surface area contributed by atoms with Gasteiger partial charge in [-0.05, 0) is 18.2 Å². The number of ether oxygens (including phenoxy) is 1. The van der Waals surface area contributed by atoms with Crippen LogP contribution in [0, 0.1) is 0 Å². The third-order valence-corrected chi connectivity index (χ3v) is 2.81. The smallest absolute Gasteiger partial charge is 0.175 e. The maximum atomic E-state index is 11.4. The van der Waals surface area contributed by atoms with Crippen LogP contribution in [-0.4, -0.2) is 24.6 Å². The summed E-state index contributed by atoms with van der Waals surface area (Å²) in [6, 6.07) is 9.84. The number of carbonyl (C=O) groups excluding carboxylic acids is 1. The molecule has 1 aliphatic heterocycles. The van der Waals surface area contributed by atoms with Crippen LogP contribution in [0.1, 0.15) is 13.3 Å². The number of carbonyl (C=O) groups is 1. The monoisotopic (exact) mass is 244 g/mol. The van der Waals surface area contributed by atoms with E-state index < -0.39 is 0 Å². The van der Waals surface area contributed by atoms with Crippen LogP contribution < -0.4 is 5.01 Å². The number of nitrogens with zero attached hydrogens (tertiary/aromatic N) is 2. The highest BCUT2D eigenvalue weighted by Crippen LogP contribution is 2.25. The second-order valence-corrected chi connectivity index (χ2v) is 4.12. The highest BCUT2D eigenvalue weighted by molar-refractivity contribution is 6.39. The van der Waals surface area contributed by atoms with Crippen LogP contribution in [0.25, 0.3) is 0 Å². The molecule has 18 heavy (non-hydrogen) atoms. The van der Waals surface area contributed by atoms with Gasteiger partial charge >= 0.3 is 0 Å². The Balaban J connectivity index is 2.28. The van der Waals surface area contributed by atoms with Gasteiger partial charge in [0.05, 0.1) is 25.1 Å². The fourth-order valence-corrected chi connectivity index (χ4v) is 1.89. The second-order valence-electron chi connectivity index (χ2n) is 4.12. The normalized spacial score (nSPS) is 19.1. The van der Waals surface area contributed by atoms with E-state index in [4.69, 9.17) is 4.74 Å². The van der Waals surface area contributed by atoms with E-state index in [0.717, 1.165) is 5.69 Å². The first-order chi connectivity index (χ1) is 8.72. The number of ketones is 1. The van der Waals surface area contributed by atoms with Gasteiger partial charge in [0.1, 0.15) is 5.71 Å². The molecule has 1 aliphatic rings. The molecular formula is C14H16N2O2. The predicted molar refractivity (Wildman–Crippen MR) is 71.6 cm³/mol. The van der Waals surface area contributed by atoms with E-state index >= 15 is 0 Å². The average molecular weight is 244 g/mol. The summed E-state index contributed by atoms with van der Waals surface area (Å²) in [7, 11) is 1.60. The topological polar surface area (TPSA) is 41.9 Å². The van der Waals surface area contributed by atoms with E-state index in [1.807, 2.05) is 41.4 Å². The Labute approximate surface area is 107 Å². The van der Waals surface area contributed by atoms with Gasteiger partial charge < -0.3 is 4.74 Å². The first-order valence-corrected chi connectivity index (χ1v) is 5.84. The van der Waals surface area contributed by atoms with Gasteiger partial charge in [-0.15, -0.1) is 0 Å². The third-order valence-electron chi connectivity index (χ3n) is 2.81. The summed E-state index contributed by atoms with van der Waals surface area (Å²) in [6.45, 7) is 1.55. The number of benzene rings is 1. The molecule has 0 amide bonds. The van der Waals surface area contributed by atoms with Crippen LogP contribution in [-0.2, 0) is 9.53 Å². The van der Waals surface area contributed by atoms with Crippen molar-refractivity contribution in [1.29, 1.82) is 0 Å². The summed E-state index contributed by atoms with van der Waals surface area (Å²) >= 11 is 0. The van der Waals surface area contributed by atoms with Crippen molar-refractivity contribution in [1.82, 2.24) is 0 Å². The van der Waals surface area contributed by atoms with Crippen LogP contribution >= 0.6 is 0 Å². The van der Waals surface area contributed by atoms with Gasteiger partial charge in [-0.2, -0.15) is 5.10 Å². The zero-order valence-corrected chi connectivity index (χ0v) is 10.5. The fourth-order valence-electron chi connectivity index (χ4n) is 1.89.